The fourth-order valence-corrected chi connectivity index (χ4v) is 3.02. The lowest BCUT2D eigenvalue weighted by molar-refractivity contribution is -0.369. The highest BCUT2D eigenvalue weighted by molar-refractivity contribution is 7.19. The summed E-state index contributed by atoms with van der Waals surface area (Å²) < 4.78 is 40.5. The zero-order chi connectivity index (χ0) is 16.1. The van der Waals surface area contributed by atoms with Gasteiger partial charge in [-0.25, -0.2) is 8.78 Å². The summed E-state index contributed by atoms with van der Waals surface area (Å²) in [5.74, 6) is -1.39. The number of fused-ring (bicyclic) bond motifs is 1. The van der Waals surface area contributed by atoms with E-state index in [-0.39, 0.29) is 34.8 Å². The maximum atomic E-state index is 14.7. The van der Waals surface area contributed by atoms with Gasteiger partial charge < -0.3 is 20.9 Å². The van der Waals surface area contributed by atoms with E-state index in [9.17, 15) is 8.78 Å². The first-order valence-electron chi connectivity index (χ1n) is 7.35. The third-order valence-corrected chi connectivity index (χ3v) is 4.22. The van der Waals surface area contributed by atoms with Crippen molar-refractivity contribution >= 4 is 21.4 Å². The van der Waals surface area contributed by atoms with E-state index in [0.29, 0.717) is 25.9 Å². The summed E-state index contributed by atoms with van der Waals surface area (Å²) in [6.45, 7) is 3.71. The standard InChI is InChI=1S/C15H20F2N2O2S/c1-9-8-10-11(16)13(20-6-2-4-18)14(21-7-3-5-19)12(17)15(10)22-9/h8H,2-7,18-19H2,1H3/p+2. The van der Waals surface area contributed by atoms with E-state index < -0.39 is 11.6 Å². The Kier molecular flexibility index (Phi) is 5.93. The Morgan fingerprint density at radius 2 is 1.55 bits per heavy atom. The second-order valence-corrected chi connectivity index (χ2v) is 6.25. The van der Waals surface area contributed by atoms with Crippen LogP contribution in [0.5, 0.6) is 11.5 Å². The normalized spacial score (nSPS) is 11.1. The molecule has 0 amide bonds. The molecule has 2 rings (SSSR count). The Bertz CT molecular complexity index is 593. The van der Waals surface area contributed by atoms with Crippen LogP contribution in [0.3, 0.4) is 0 Å². The minimum absolute atomic E-state index is 0.135. The number of thiophene rings is 1. The first kappa shape index (κ1) is 16.9. The molecular formula is C15H22F2N2O2S+2. The van der Waals surface area contributed by atoms with E-state index >= 15 is 0 Å². The molecule has 6 N–H and O–H groups in total. The molecule has 2 aromatic rings. The van der Waals surface area contributed by atoms with Crippen molar-refractivity contribution in [2.24, 2.45) is 0 Å². The van der Waals surface area contributed by atoms with Crippen LogP contribution in [-0.4, -0.2) is 26.3 Å². The largest absolute Gasteiger partial charge is 0.487 e. The van der Waals surface area contributed by atoms with Crippen LogP contribution in [0.4, 0.5) is 8.78 Å². The summed E-state index contributed by atoms with van der Waals surface area (Å²) in [6.07, 6.45) is 1.33. The van der Waals surface area contributed by atoms with Crippen molar-refractivity contribution < 1.29 is 29.7 Å². The van der Waals surface area contributed by atoms with Crippen LogP contribution in [0, 0.1) is 18.6 Å². The van der Waals surface area contributed by atoms with Crippen LogP contribution in [0.1, 0.15) is 17.7 Å². The summed E-state index contributed by atoms with van der Waals surface area (Å²) in [7, 11) is 0. The van der Waals surface area contributed by atoms with E-state index in [1.165, 1.54) is 11.3 Å². The van der Waals surface area contributed by atoms with Gasteiger partial charge in [0.2, 0.25) is 11.5 Å². The summed E-state index contributed by atoms with van der Waals surface area (Å²) >= 11 is 1.21. The molecule has 0 aliphatic heterocycles. The predicted molar refractivity (Wildman–Crippen MR) is 82.2 cm³/mol. The molecule has 0 saturated heterocycles. The van der Waals surface area contributed by atoms with E-state index in [2.05, 4.69) is 11.5 Å². The minimum Gasteiger partial charge on any atom is -0.487 e. The topological polar surface area (TPSA) is 73.7 Å². The van der Waals surface area contributed by atoms with Crippen molar-refractivity contribution in [3.63, 3.8) is 0 Å². The molecule has 1 heterocycles. The summed E-state index contributed by atoms with van der Waals surface area (Å²) in [6, 6.07) is 1.63. The maximum Gasteiger partial charge on any atom is 0.201 e. The fraction of sp³-hybridized carbons (Fsp3) is 0.467. The highest BCUT2D eigenvalue weighted by atomic mass is 32.1. The minimum atomic E-state index is -0.561. The second-order valence-electron chi connectivity index (χ2n) is 5.00. The highest BCUT2D eigenvalue weighted by Crippen LogP contribution is 2.43. The molecule has 0 spiro atoms. The molecule has 0 fully saturated rings. The van der Waals surface area contributed by atoms with E-state index in [0.717, 1.165) is 4.88 Å². The van der Waals surface area contributed by atoms with Crippen LogP contribution in [0.15, 0.2) is 6.07 Å². The van der Waals surface area contributed by atoms with Gasteiger partial charge in [-0.3, -0.25) is 0 Å². The Hall–Kier alpha value is -1.44. The quantitative estimate of drug-likeness (QED) is 0.719. The predicted octanol–water partition coefficient (Wildman–Crippen LogP) is 1.51. The van der Waals surface area contributed by atoms with Gasteiger partial charge in [0.05, 0.1) is 31.0 Å². The van der Waals surface area contributed by atoms with Crippen molar-refractivity contribution in [3.8, 4) is 11.5 Å². The molecule has 7 heteroatoms. The van der Waals surface area contributed by atoms with Gasteiger partial charge in [0.25, 0.3) is 0 Å². The van der Waals surface area contributed by atoms with Gasteiger partial charge in [0, 0.05) is 23.1 Å². The van der Waals surface area contributed by atoms with Crippen molar-refractivity contribution in [2.75, 3.05) is 26.3 Å². The third-order valence-electron chi connectivity index (χ3n) is 3.18. The Morgan fingerprint density at radius 3 is 2.09 bits per heavy atom. The lowest BCUT2D eigenvalue weighted by atomic mass is 10.2. The Morgan fingerprint density at radius 1 is 1.00 bits per heavy atom. The average Bonchev–Trinajstić information content (AvgIpc) is 2.89. The number of quaternary nitrogens is 2. The Balaban J connectivity index is 2.45. The van der Waals surface area contributed by atoms with E-state index in [4.69, 9.17) is 9.47 Å². The number of benzene rings is 1. The van der Waals surface area contributed by atoms with E-state index in [1.54, 1.807) is 6.07 Å². The lowest BCUT2D eigenvalue weighted by Crippen LogP contribution is -2.50. The summed E-state index contributed by atoms with van der Waals surface area (Å²) in [5, 5.41) is 0.245. The van der Waals surface area contributed by atoms with E-state index in [1.807, 2.05) is 6.92 Å². The van der Waals surface area contributed by atoms with Crippen LogP contribution in [0.2, 0.25) is 0 Å². The zero-order valence-electron chi connectivity index (χ0n) is 12.7. The number of hydrogen-bond acceptors (Lipinski definition) is 3. The van der Waals surface area contributed by atoms with Gasteiger partial charge in [-0.2, -0.15) is 0 Å². The summed E-state index contributed by atoms with van der Waals surface area (Å²) in [4.78, 5) is 0.839. The van der Waals surface area contributed by atoms with Crippen molar-refractivity contribution in [1.29, 1.82) is 0 Å². The molecular weight excluding hydrogens is 310 g/mol. The van der Waals surface area contributed by atoms with Gasteiger partial charge in [-0.05, 0) is 13.0 Å². The number of ether oxygens (including phenoxy) is 2. The number of aryl methyl sites for hydroxylation is 1. The lowest BCUT2D eigenvalue weighted by Gasteiger charge is -2.14. The molecule has 22 heavy (non-hydrogen) atoms. The molecule has 4 nitrogen and oxygen atoms in total. The molecule has 1 aromatic heterocycles. The third kappa shape index (κ3) is 3.48. The molecule has 0 aliphatic carbocycles. The molecule has 0 atom stereocenters. The van der Waals surface area contributed by atoms with Crippen LogP contribution in [-0.2, 0) is 0 Å². The van der Waals surface area contributed by atoms with Gasteiger partial charge in [-0.1, -0.05) is 0 Å². The van der Waals surface area contributed by atoms with Gasteiger partial charge in [0.15, 0.2) is 11.6 Å². The molecule has 0 aliphatic rings. The molecule has 0 bridgehead atoms. The van der Waals surface area contributed by atoms with Crippen LogP contribution < -0.4 is 20.9 Å². The van der Waals surface area contributed by atoms with Crippen molar-refractivity contribution in [3.05, 3.63) is 22.6 Å². The first-order chi connectivity index (χ1) is 10.6. The molecule has 0 saturated carbocycles. The number of hydrogen-bond donors (Lipinski definition) is 2. The summed E-state index contributed by atoms with van der Waals surface area (Å²) in [5.41, 5.74) is 7.42. The Labute approximate surface area is 132 Å². The second kappa shape index (κ2) is 7.71. The zero-order valence-corrected chi connectivity index (χ0v) is 13.5. The van der Waals surface area contributed by atoms with Crippen LogP contribution in [0.25, 0.3) is 10.1 Å². The van der Waals surface area contributed by atoms with Gasteiger partial charge in [-0.15, -0.1) is 11.3 Å². The smallest absolute Gasteiger partial charge is 0.201 e. The first-order valence-corrected chi connectivity index (χ1v) is 8.17. The molecule has 122 valence electrons. The van der Waals surface area contributed by atoms with Crippen molar-refractivity contribution in [2.45, 2.75) is 19.8 Å². The van der Waals surface area contributed by atoms with Gasteiger partial charge >= 0.3 is 0 Å². The molecule has 1 aromatic carbocycles. The van der Waals surface area contributed by atoms with Gasteiger partial charge in [0.1, 0.15) is 0 Å². The SMILES string of the molecule is Cc1cc2c(F)c(OCCC[NH3+])c(OCCC[NH3+])c(F)c2s1. The highest BCUT2D eigenvalue weighted by Gasteiger charge is 2.24. The maximum absolute atomic E-state index is 14.7. The number of halogens is 2. The molecule has 0 radical (unpaired) electrons. The fourth-order valence-electron chi connectivity index (χ4n) is 2.08. The van der Waals surface area contributed by atoms with Crippen molar-refractivity contribution in [1.82, 2.24) is 0 Å². The number of rotatable bonds is 8. The monoisotopic (exact) mass is 332 g/mol. The van der Waals surface area contributed by atoms with Crippen LogP contribution >= 0.6 is 11.3 Å². The molecule has 0 unspecified atom stereocenters. The average molecular weight is 332 g/mol.